The molecule has 0 fully saturated rings. The Morgan fingerprint density at radius 1 is 1.12 bits per heavy atom. The van der Waals surface area contributed by atoms with Crippen LogP contribution in [0.1, 0.15) is 10.5 Å². The lowest BCUT2D eigenvalue weighted by Crippen LogP contribution is -2.28. The average Bonchev–Trinajstić information content (AvgIpc) is 3.16. The molecule has 0 aliphatic carbocycles. The molecule has 0 radical (unpaired) electrons. The van der Waals surface area contributed by atoms with Gasteiger partial charge in [-0.1, -0.05) is 0 Å². The Kier molecular flexibility index (Phi) is 5.58. The van der Waals surface area contributed by atoms with Crippen molar-refractivity contribution < 1.29 is 14.3 Å². The standard InChI is InChI=1S/C18H17N3O3S/c1-23-14-2-4-15(5-3-14)24-11-10-20-17(22)16-12-25-18(21-16)13-6-8-19-9-7-13/h2-9,12H,10-11H2,1H3,(H,20,22). The SMILES string of the molecule is COc1ccc(OCCNC(=O)c2csc(-c3ccncc3)n2)cc1. The molecule has 25 heavy (non-hydrogen) atoms. The highest BCUT2D eigenvalue weighted by atomic mass is 32.1. The summed E-state index contributed by atoms with van der Waals surface area (Å²) in [5.41, 5.74) is 1.35. The second-order valence-electron chi connectivity index (χ2n) is 5.05. The van der Waals surface area contributed by atoms with Gasteiger partial charge in [0, 0.05) is 23.3 Å². The summed E-state index contributed by atoms with van der Waals surface area (Å²) in [5.74, 6) is 1.28. The number of carbonyl (C=O) groups is 1. The fraction of sp³-hybridized carbons (Fsp3) is 0.167. The molecule has 1 N–H and O–H groups in total. The molecule has 7 heteroatoms. The van der Waals surface area contributed by atoms with Gasteiger partial charge in [-0.25, -0.2) is 4.98 Å². The van der Waals surface area contributed by atoms with Crippen molar-refractivity contribution in [2.45, 2.75) is 0 Å². The summed E-state index contributed by atoms with van der Waals surface area (Å²) in [4.78, 5) is 20.5. The molecule has 0 saturated heterocycles. The van der Waals surface area contributed by atoms with Crippen molar-refractivity contribution >= 4 is 17.2 Å². The largest absolute Gasteiger partial charge is 0.497 e. The molecule has 3 aromatic rings. The van der Waals surface area contributed by atoms with Gasteiger partial charge in [-0.2, -0.15) is 0 Å². The Bertz CT molecular complexity index is 819. The van der Waals surface area contributed by atoms with E-state index in [1.165, 1.54) is 11.3 Å². The number of hydrogen-bond acceptors (Lipinski definition) is 6. The van der Waals surface area contributed by atoms with E-state index in [9.17, 15) is 4.79 Å². The van der Waals surface area contributed by atoms with Crippen molar-refractivity contribution in [2.24, 2.45) is 0 Å². The molecule has 3 rings (SSSR count). The quantitative estimate of drug-likeness (QED) is 0.660. The molecule has 1 aromatic carbocycles. The molecular weight excluding hydrogens is 338 g/mol. The number of pyridine rings is 1. The highest BCUT2D eigenvalue weighted by Crippen LogP contribution is 2.22. The highest BCUT2D eigenvalue weighted by molar-refractivity contribution is 7.13. The van der Waals surface area contributed by atoms with Crippen molar-refractivity contribution in [3.05, 3.63) is 59.9 Å². The summed E-state index contributed by atoms with van der Waals surface area (Å²) >= 11 is 1.43. The Balaban J connectivity index is 1.47. The van der Waals surface area contributed by atoms with Gasteiger partial charge in [-0.15, -0.1) is 11.3 Å². The van der Waals surface area contributed by atoms with Crippen LogP contribution in [0.3, 0.4) is 0 Å². The molecule has 1 amide bonds. The summed E-state index contributed by atoms with van der Waals surface area (Å²) in [7, 11) is 1.62. The number of rotatable bonds is 7. The third kappa shape index (κ3) is 4.54. The molecule has 2 aromatic heterocycles. The summed E-state index contributed by atoms with van der Waals surface area (Å²) in [5, 5.41) is 5.34. The van der Waals surface area contributed by atoms with Gasteiger partial charge in [0.15, 0.2) is 0 Å². The number of methoxy groups -OCH3 is 1. The highest BCUT2D eigenvalue weighted by Gasteiger charge is 2.11. The predicted octanol–water partition coefficient (Wildman–Crippen LogP) is 3.02. The van der Waals surface area contributed by atoms with E-state index in [0.29, 0.717) is 18.8 Å². The van der Waals surface area contributed by atoms with E-state index in [0.717, 1.165) is 22.1 Å². The van der Waals surface area contributed by atoms with Gasteiger partial charge < -0.3 is 14.8 Å². The van der Waals surface area contributed by atoms with Crippen molar-refractivity contribution in [2.75, 3.05) is 20.3 Å². The monoisotopic (exact) mass is 355 g/mol. The van der Waals surface area contributed by atoms with Crippen LogP contribution in [0.25, 0.3) is 10.6 Å². The van der Waals surface area contributed by atoms with Crippen LogP contribution in [-0.2, 0) is 0 Å². The molecule has 0 aliphatic rings. The van der Waals surface area contributed by atoms with Gasteiger partial charge in [-0.05, 0) is 36.4 Å². The zero-order chi connectivity index (χ0) is 17.5. The molecular formula is C18H17N3O3S. The van der Waals surface area contributed by atoms with Crippen LogP contribution < -0.4 is 14.8 Å². The normalized spacial score (nSPS) is 10.3. The first-order chi connectivity index (χ1) is 12.3. The van der Waals surface area contributed by atoms with Crippen LogP contribution >= 0.6 is 11.3 Å². The lowest BCUT2D eigenvalue weighted by Gasteiger charge is -2.07. The third-order valence-electron chi connectivity index (χ3n) is 3.38. The van der Waals surface area contributed by atoms with Crippen LogP contribution in [-0.4, -0.2) is 36.1 Å². The summed E-state index contributed by atoms with van der Waals surface area (Å²) in [6, 6.07) is 11.0. The van der Waals surface area contributed by atoms with E-state index in [2.05, 4.69) is 15.3 Å². The zero-order valence-corrected chi connectivity index (χ0v) is 14.5. The van der Waals surface area contributed by atoms with Gasteiger partial charge in [0.2, 0.25) is 0 Å². The summed E-state index contributed by atoms with van der Waals surface area (Å²) in [6.07, 6.45) is 3.40. The van der Waals surface area contributed by atoms with Crippen molar-refractivity contribution in [3.8, 4) is 22.1 Å². The Labute approximate surface area is 149 Å². The number of nitrogens with one attached hydrogen (secondary N) is 1. The maximum Gasteiger partial charge on any atom is 0.270 e. The molecule has 2 heterocycles. The van der Waals surface area contributed by atoms with Crippen LogP contribution in [0.15, 0.2) is 54.2 Å². The zero-order valence-electron chi connectivity index (χ0n) is 13.6. The van der Waals surface area contributed by atoms with E-state index >= 15 is 0 Å². The molecule has 0 spiro atoms. The summed E-state index contributed by atoms with van der Waals surface area (Å²) in [6.45, 7) is 0.770. The van der Waals surface area contributed by atoms with Crippen molar-refractivity contribution in [1.29, 1.82) is 0 Å². The second-order valence-corrected chi connectivity index (χ2v) is 5.91. The molecule has 0 atom stereocenters. The predicted molar refractivity (Wildman–Crippen MR) is 96.2 cm³/mol. The van der Waals surface area contributed by atoms with Crippen molar-refractivity contribution in [3.63, 3.8) is 0 Å². The lowest BCUT2D eigenvalue weighted by atomic mass is 10.3. The van der Waals surface area contributed by atoms with E-state index in [1.807, 2.05) is 36.4 Å². The van der Waals surface area contributed by atoms with E-state index in [4.69, 9.17) is 9.47 Å². The van der Waals surface area contributed by atoms with Gasteiger partial charge in [0.25, 0.3) is 5.91 Å². The second kappa shape index (κ2) is 8.25. The molecule has 6 nitrogen and oxygen atoms in total. The Morgan fingerprint density at radius 2 is 1.84 bits per heavy atom. The van der Waals surface area contributed by atoms with Gasteiger partial charge in [-0.3, -0.25) is 9.78 Å². The number of thiazole rings is 1. The molecule has 0 unspecified atom stereocenters. The molecule has 0 bridgehead atoms. The van der Waals surface area contributed by atoms with Gasteiger partial charge in [0.05, 0.1) is 13.7 Å². The van der Waals surface area contributed by atoms with Gasteiger partial charge >= 0.3 is 0 Å². The number of benzene rings is 1. The fourth-order valence-electron chi connectivity index (χ4n) is 2.10. The number of amides is 1. The average molecular weight is 355 g/mol. The Morgan fingerprint density at radius 3 is 2.56 bits per heavy atom. The van der Waals surface area contributed by atoms with Crippen LogP contribution in [0.2, 0.25) is 0 Å². The first-order valence-corrected chi connectivity index (χ1v) is 8.55. The first kappa shape index (κ1) is 16.9. The minimum atomic E-state index is -0.213. The maximum atomic E-state index is 12.1. The maximum absolute atomic E-state index is 12.1. The Hall–Kier alpha value is -2.93. The topological polar surface area (TPSA) is 73.3 Å². The van der Waals surface area contributed by atoms with Crippen LogP contribution in [0, 0.1) is 0 Å². The van der Waals surface area contributed by atoms with Crippen molar-refractivity contribution in [1.82, 2.24) is 15.3 Å². The molecule has 0 saturated carbocycles. The van der Waals surface area contributed by atoms with E-state index < -0.39 is 0 Å². The molecule has 128 valence electrons. The lowest BCUT2D eigenvalue weighted by molar-refractivity contribution is 0.0943. The number of nitrogens with zero attached hydrogens (tertiary/aromatic N) is 2. The smallest absolute Gasteiger partial charge is 0.270 e. The minimum Gasteiger partial charge on any atom is -0.497 e. The first-order valence-electron chi connectivity index (χ1n) is 7.67. The fourth-order valence-corrected chi connectivity index (χ4v) is 2.91. The van der Waals surface area contributed by atoms with E-state index in [-0.39, 0.29) is 5.91 Å². The number of carbonyl (C=O) groups excluding carboxylic acids is 1. The molecule has 0 aliphatic heterocycles. The minimum absolute atomic E-state index is 0.213. The summed E-state index contributed by atoms with van der Waals surface area (Å²) < 4.78 is 10.7. The van der Waals surface area contributed by atoms with E-state index in [1.54, 1.807) is 24.9 Å². The third-order valence-corrected chi connectivity index (χ3v) is 4.27. The number of aromatic nitrogens is 2. The number of ether oxygens (including phenoxy) is 2. The van der Waals surface area contributed by atoms with Gasteiger partial charge in [0.1, 0.15) is 28.8 Å². The van der Waals surface area contributed by atoms with Crippen LogP contribution in [0.5, 0.6) is 11.5 Å². The number of hydrogen-bond donors (Lipinski definition) is 1. The van der Waals surface area contributed by atoms with Crippen LogP contribution in [0.4, 0.5) is 0 Å².